The zero-order valence-electron chi connectivity index (χ0n) is 16.3. The quantitative estimate of drug-likeness (QED) is 0.457. The van der Waals surface area contributed by atoms with E-state index in [1.165, 1.54) is 5.56 Å². The Morgan fingerprint density at radius 3 is 2.48 bits per heavy atom. The number of hydrogen-bond donors (Lipinski definition) is 1. The molecule has 1 amide bonds. The molecule has 5 heteroatoms. The van der Waals surface area contributed by atoms with Crippen molar-refractivity contribution in [3.8, 4) is 6.07 Å². The van der Waals surface area contributed by atoms with Crippen molar-refractivity contribution in [1.82, 2.24) is 5.32 Å². The molecule has 0 saturated heterocycles. The second kappa shape index (κ2) is 9.95. The second-order valence-electron chi connectivity index (χ2n) is 6.52. The van der Waals surface area contributed by atoms with Gasteiger partial charge in [-0.3, -0.25) is 4.79 Å². The molecule has 0 unspecified atom stereocenters. The first-order chi connectivity index (χ1) is 14.2. The van der Waals surface area contributed by atoms with Crippen LogP contribution in [0.4, 0.5) is 5.69 Å². The lowest BCUT2D eigenvalue weighted by molar-refractivity contribution is -0.117. The molecule has 3 aromatic rings. The number of amides is 1. The van der Waals surface area contributed by atoms with Crippen LogP contribution in [0.5, 0.6) is 0 Å². The highest BCUT2D eigenvalue weighted by Gasteiger charge is 2.10. The van der Waals surface area contributed by atoms with Crippen molar-refractivity contribution in [2.75, 3.05) is 11.4 Å². The number of furan rings is 1. The summed E-state index contributed by atoms with van der Waals surface area (Å²) in [4.78, 5) is 14.5. The lowest BCUT2D eigenvalue weighted by Crippen LogP contribution is -2.23. The SMILES string of the molecule is CCN(Cc1ccccc1)c1ccc(/C=C(\C#N)C(=O)NCc2ccco2)cc1. The van der Waals surface area contributed by atoms with Gasteiger partial charge >= 0.3 is 0 Å². The zero-order valence-corrected chi connectivity index (χ0v) is 16.3. The first kappa shape index (κ1) is 20.0. The highest BCUT2D eigenvalue weighted by molar-refractivity contribution is 6.01. The summed E-state index contributed by atoms with van der Waals surface area (Å²) in [5.41, 5.74) is 3.20. The molecule has 5 nitrogen and oxygen atoms in total. The lowest BCUT2D eigenvalue weighted by Gasteiger charge is -2.23. The Labute approximate surface area is 170 Å². The van der Waals surface area contributed by atoms with Crippen molar-refractivity contribution in [1.29, 1.82) is 5.26 Å². The van der Waals surface area contributed by atoms with Gasteiger partial charge in [0.25, 0.3) is 5.91 Å². The summed E-state index contributed by atoms with van der Waals surface area (Å²) >= 11 is 0. The van der Waals surface area contributed by atoms with Gasteiger partial charge in [0.15, 0.2) is 0 Å². The van der Waals surface area contributed by atoms with Gasteiger partial charge < -0.3 is 14.6 Å². The van der Waals surface area contributed by atoms with Gasteiger partial charge in [0.05, 0.1) is 12.8 Å². The minimum absolute atomic E-state index is 0.0564. The summed E-state index contributed by atoms with van der Waals surface area (Å²) < 4.78 is 5.18. The van der Waals surface area contributed by atoms with E-state index in [1.54, 1.807) is 24.5 Å². The fourth-order valence-corrected chi connectivity index (χ4v) is 2.96. The topological polar surface area (TPSA) is 69.3 Å². The minimum atomic E-state index is -0.424. The van der Waals surface area contributed by atoms with Crippen molar-refractivity contribution in [3.05, 3.63) is 95.5 Å². The number of carbonyl (C=O) groups excluding carboxylic acids is 1. The number of benzene rings is 2. The van der Waals surface area contributed by atoms with E-state index in [2.05, 4.69) is 29.3 Å². The van der Waals surface area contributed by atoms with E-state index in [0.717, 1.165) is 24.3 Å². The number of nitriles is 1. The summed E-state index contributed by atoms with van der Waals surface area (Å²) in [5, 5.41) is 12.0. The van der Waals surface area contributed by atoms with Crippen molar-refractivity contribution >= 4 is 17.7 Å². The maximum Gasteiger partial charge on any atom is 0.262 e. The molecule has 0 aliphatic heterocycles. The molecule has 1 aromatic heterocycles. The fourth-order valence-electron chi connectivity index (χ4n) is 2.96. The van der Waals surface area contributed by atoms with Crippen LogP contribution in [-0.4, -0.2) is 12.5 Å². The van der Waals surface area contributed by atoms with E-state index in [0.29, 0.717) is 5.76 Å². The van der Waals surface area contributed by atoms with Crippen LogP contribution in [0, 0.1) is 11.3 Å². The average Bonchev–Trinajstić information content (AvgIpc) is 3.29. The third-order valence-electron chi connectivity index (χ3n) is 4.54. The largest absolute Gasteiger partial charge is 0.467 e. The van der Waals surface area contributed by atoms with Crippen LogP contribution in [0.2, 0.25) is 0 Å². The molecule has 0 saturated carbocycles. The molecule has 3 rings (SSSR count). The third-order valence-corrected chi connectivity index (χ3v) is 4.54. The van der Waals surface area contributed by atoms with Crippen LogP contribution < -0.4 is 10.2 Å². The van der Waals surface area contributed by atoms with E-state index in [1.807, 2.05) is 48.5 Å². The summed E-state index contributed by atoms with van der Waals surface area (Å²) in [6.07, 6.45) is 3.14. The van der Waals surface area contributed by atoms with E-state index in [-0.39, 0.29) is 12.1 Å². The van der Waals surface area contributed by atoms with Gasteiger partial charge in [0, 0.05) is 18.8 Å². The Balaban J connectivity index is 1.67. The molecule has 0 aliphatic rings. The van der Waals surface area contributed by atoms with Crippen molar-refractivity contribution in [2.24, 2.45) is 0 Å². The van der Waals surface area contributed by atoms with Gasteiger partial charge in [-0.2, -0.15) is 5.26 Å². The Morgan fingerprint density at radius 1 is 1.10 bits per heavy atom. The van der Waals surface area contributed by atoms with Crippen LogP contribution in [0.3, 0.4) is 0 Å². The van der Waals surface area contributed by atoms with Crippen molar-refractivity contribution < 1.29 is 9.21 Å². The Morgan fingerprint density at radius 2 is 1.86 bits per heavy atom. The number of anilines is 1. The predicted molar refractivity (Wildman–Crippen MR) is 114 cm³/mol. The van der Waals surface area contributed by atoms with E-state index in [9.17, 15) is 10.1 Å². The third kappa shape index (κ3) is 5.60. The highest BCUT2D eigenvalue weighted by atomic mass is 16.3. The summed E-state index contributed by atoms with van der Waals surface area (Å²) in [7, 11) is 0. The number of carbonyl (C=O) groups is 1. The first-order valence-corrected chi connectivity index (χ1v) is 9.51. The predicted octanol–water partition coefficient (Wildman–Crippen LogP) is 4.53. The summed E-state index contributed by atoms with van der Waals surface area (Å²) in [6.45, 7) is 4.07. The van der Waals surface area contributed by atoms with Crippen LogP contribution in [-0.2, 0) is 17.9 Å². The Hall–Kier alpha value is -3.78. The molecule has 29 heavy (non-hydrogen) atoms. The number of rotatable bonds is 8. The first-order valence-electron chi connectivity index (χ1n) is 9.51. The van der Waals surface area contributed by atoms with Gasteiger partial charge in [-0.1, -0.05) is 42.5 Å². The van der Waals surface area contributed by atoms with E-state index < -0.39 is 5.91 Å². The fraction of sp³-hybridized carbons (Fsp3) is 0.167. The summed E-state index contributed by atoms with van der Waals surface area (Å²) in [6, 6.07) is 23.7. The summed E-state index contributed by atoms with van der Waals surface area (Å²) in [5.74, 6) is 0.213. The number of hydrogen-bond acceptors (Lipinski definition) is 4. The smallest absolute Gasteiger partial charge is 0.262 e. The standard InChI is InChI=1S/C24H23N3O2/c1-2-27(18-20-7-4-3-5-8-20)22-12-10-19(11-13-22)15-21(16-25)24(28)26-17-23-9-6-14-29-23/h3-15H,2,17-18H2,1H3,(H,26,28)/b21-15+. The molecule has 0 atom stereocenters. The molecule has 0 bridgehead atoms. The van der Waals surface area contributed by atoms with Crippen LogP contribution in [0.25, 0.3) is 6.08 Å². The normalized spacial score (nSPS) is 11.0. The van der Waals surface area contributed by atoms with Gasteiger partial charge in [0.2, 0.25) is 0 Å². The Kier molecular flexibility index (Phi) is 6.85. The van der Waals surface area contributed by atoms with Gasteiger partial charge in [-0.25, -0.2) is 0 Å². The molecule has 0 aliphatic carbocycles. The van der Waals surface area contributed by atoms with Crippen LogP contribution >= 0.6 is 0 Å². The highest BCUT2D eigenvalue weighted by Crippen LogP contribution is 2.19. The van der Waals surface area contributed by atoms with Gasteiger partial charge in [-0.15, -0.1) is 0 Å². The van der Waals surface area contributed by atoms with Crippen LogP contribution in [0.1, 0.15) is 23.8 Å². The lowest BCUT2D eigenvalue weighted by atomic mass is 10.1. The zero-order chi connectivity index (χ0) is 20.5. The van der Waals surface area contributed by atoms with Crippen molar-refractivity contribution in [3.63, 3.8) is 0 Å². The molecule has 1 heterocycles. The molecule has 2 aromatic carbocycles. The number of nitrogens with zero attached hydrogens (tertiary/aromatic N) is 2. The molecule has 146 valence electrons. The van der Waals surface area contributed by atoms with E-state index >= 15 is 0 Å². The molecule has 0 fully saturated rings. The van der Waals surface area contributed by atoms with Crippen molar-refractivity contribution in [2.45, 2.75) is 20.0 Å². The maximum atomic E-state index is 12.2. The molecule has 0 spiro atoms. The molecule has 0 radical (unpaired) electrons. The molecule has 1 N–H and O–H groups in total. The Bertz CT molecular complexity index is 985. The monoisotopic (exact) mass is 385 g/mol. The van der Waals surface area contributed by atoms with Gasteiger partial charge in [-0.05, 0) is 48.4 Å². The second-order valence-corrected chi connectivity index (χ2v) is 6.52. The maximum absolute atomic E-state index is 12.2. The van der Waals surface area contributed by atoms with Crippen LogP contribution in [0.15, 0.2) is 83.0 Å². The minimum Gasteiger partial charge on any atom is -0.467 e. The van der Waals surface area contributed by atoms with E-state index in [4.69, 9.17) is 4.42 Å². The molecular formula is C24H23N3O2. The molecular weight excluding hydrogens is 362 g/mol. The van der Waals surface area contributed by atoms with Gasteiger partial charge in [0.1, 0.15) is 17.4 Å². The average molecular weight is 385 g/mol. The number of nitrogens with one attached hydrogen (secondary N) is 1.